The first kappa shape index (κ1) is 25.5. The van der Waals surface area contributed by atoms with Crippen molar-refractivity contribution in [3.8, 4) is 11.8 Å². The van der Waals surface area contributed by atoms with Crippen molar-refractivity contribution in [2.45, 2.75) is 102 Å². The topological polar surface area (TPSA) is 0 Å². The van der Waals surface area contributed by atoms with Crippen LogP contribution in [-0.2, 0) is 0 Å². The fourth-order valence-electron chi connectivity index (χ4n) is 7.16. The average molecular weight is 481 g/mol. The maximum atomic E-state index is 14.3. The van der Waals surface area contributed by atoms with Gasteiger partial charge >= 0.3 is 6.18 Å². The van der Waals surface area contributed by atoms with Gasteiger partial charge in [0.2, 0.25) is 0 Å². The minimum Gasteiger partial charge on any atom is -0.206 e. The van der Waals surface area contributed by atoms with Crippen molar-refractivity contribution in [2.75, 3.05) is 0 Å². The number of benzene rings is 1. The third-order valence-electron chi connectivity index (χ3n) is 9.26. The molecule has 34 heavy (non-hydrogen) atoms. The third kappa shape index (κ3) is 6.35. The quantitative estimate of drug-likeness (QED) is 0.298. The summed E-state index contributed by atoms with van der Waals surface area (Å²) in [6, 6.07) is 2.37. The Kier molecular flexibility index (Phi) is 8.26. The van der Waals surface area contributed by atoms with E-state index in [1.807, 2.05) is 0 Å². The second kappa shape index (κ2) is 11.0. The molecule has 3 aliphatic carbocycles. The van der Waals surface area contributed by atoms with Gasteiger partial charge < -0.3 is 0 Å². The van der Waals surface area contributed by atoms with Gasteiger partial charge in [0.25, 0.3) is 0 Å². The molecule has 1 aromatic rings. The van der Waals surface area contributed by atoms with E-state index >= 15 is 0 Å². The largest absolute Gasteiger partial charge is 0.458 e. The van der Waals surface area contributed by atoms with Gasteiger partial charge in [-0.3, -0.25) is 0 Å². The average Bonchev–Trinajstić information content (AvgIpc) is 2.83. The molecule has 0 amide bonds. The highest BCUT2D eigenvalue weighted by molar-refractivity contribution is 5.40. The normalized spacial score (nSPS) is 32.6. The van der Waals surface area contributed by atoms with Crippen LogP contribution in [0.2, 0.25) is 0 Å². The first-order chi connectivity index (χ1) is 16.2. The lowest BCUT2D eigenvalue weighted by atomic mass is 9.64. The summed E-state index contributed by atoms with van der Waals surface area (Å²) in [5.41, 5.74) is -0.243. The van der Waals surface area contributed by atoms with Crippen LogP contribution >= 0.6 is 0 Å². The Morgan fingerprint density at radius 3 is 1.53 bits per heavy atom. The van der Waals surface area contributed by atoms with Crippen molar-refractivity contribution in [1.29, 1.82) is 0 Å². The van der Waals surface area contributed by atoms with Crippen molar-refractivity contribution in [2.24, 2.45) is 29.6 Å². The molecule has 0 unspecified atom stereocenters. The van der Waals surface area contributed by atoms with Crippen LogP contribution in [0.4, 0.5) is 22.0 Å². The van der Waals surface area contributed by atoms with E-state index in [2.05, 4.69) is 6.92 Å². The van der Waals surface area contributed by atoms with Crippen molar-refractivity contribution in [3.05, 3.63) is 34.9 Å². The monoisotopic (exact) mass is 480 g/mol. The van der Waals surface area contributed by atoms with E-state index in [1.165, 1.54) is 69.9 Å². The molecular weight excluding hydrogens is 443 g/mol. The van der Waals surface area contributed by atoms with E-state index in [4.69, 9.17) is 0 Å². The summed E-state index contributed by atoms with van der Waals surface area (Å²) in [7, 11) is 0. The maximum Gasteiger partial charge on any atom is 0.458 e. The molecule has 0 aliphatic heterocycles. The molecule has 4 rings (SSSR count). The van der Waals surface area contributed by atoms with Gasteiger partial charge in [-0.2, -0.15) is 13.2 Å². The lowest BCUT2D eigenvalue weighted by Gasteiger charge is -2.41. The minimum atomic E-state index is -4.77. The molecule has 5 heteroatoms. The zero-order chi connectivity index (χ0) is 24.3. The molecule has 188 valence electrons. The molecule has 0 bridgehead atoms. The van der Waals surface area contributed by atoms with Gasteiger partial charge in [-0.1, -0.05) is 32.1 Å². The SMILES string of the molecule is CCC1CCC(C2CCC(C3CCC(c4cc(F)c(C#CC(F)(F)F)c(F)c4)CC3)CC2)CC1. The van der Waals surface area contributed by atoms with Gasteiger partial charge in [-0.25, -0.2) is 8.78 Å². The van der Waals surface area contributed by atoms with E-state index < -0.39 is 23.4 Å². The van der Waals surface area contributed by atoms with Crippen LogP contribution < -0.4 is 0 Å². The van der Waals surface area contributed by atoms with Gasteiger partial charge in [0.15, 0.2) is 0 Å². The van der Waals surface area contributed by atoms with Crippen molar-refractivity contribution < 1.29 is 22.0 Å². The van der Waals surface area contributed by atoms with E-state index in [1.54, 1.807) is 5.92 Å². The molecular formula is C29H37F5. The van der Waals surface area contributed by atoms with E-state index in [0.29, 0.717) is 11.5 Å². The van der Waals surface area contributed by atoms with Crippen molar-refractivity contribution >= 4 is 0 Å². The first-order valence-corrected chi connectivity index (χ1v) is 13.3. The van der Waals surface area contributed by atoms with E-state index in [9.17, 15) is 22.0 Å². The Morgan fingerprint density at radius 2 is 1.12 bits per heavy atom. The summed E-state index contributed by atoms with van der Waals surface area (Å²) in [6.07, 6.45) is 11.5. The summed E-state index contributed by atoms with van der Waals surface area (Å²) >= 11 is 0. The van der Waals surface area contributed by atoms with Crippen molar-refractivity contribution in [1.82, 2.24) is 0 Å². The molecule has 0 radical (unpaired) electrons. The van der Waals surface area contributed by atoms with Gasteiger partial charge in [0, 0.05) is 5.92 Å². The highest BCUT2D eigenvalue weighted by atomic mass is 19.4. The molecule has 0 atom stereocenters. The Hall–Kier alpha value is -1.57. The smallest absolute Gasteiger partial charge is 0.206 e. The van der Waals surface area contributed by atoms with Crippen LogP contribution in [0.5, 0.6) is 0 Å². The molecule has 0 N–H and O–H groups in total. The summed E-state index contributed by atoms with van der Waals surface area (Å²) in [5.74, 6) is 4.91. The van der Waals surface area contributed by atoms with Gasteiger partial charge in [0.05, 0.1) is 5.56 Å². The van der Waals surface area contributed by atoms with Crippen LogP contribution in [0.1, 0.15) is 107 Å². The first-order valence-electron chi connectivity index (χ1n) is 13.3. The molecule has 3 fully saturated rings. The Labute approximate surface area is 201 Å². The predicted molar refractivity (Wildman–Crippen MR) is 125 cm³/mol. The molecule has 0 spiro atoms. The molecule has 0 aromatic heterocycles. The van der Waals surface area contributed by atoms with Gasteiger partial charge in [0.1, 0.15) is 11.6 Å². The van der Waals surface area contributed by atoms with Gasteiger partial charge in [-0.15, -0.1) is 0 Å². The maximum absolute atomic E-state index is 14.3. The molecule has 0 nitrogen and oxygen atoms in total. The summed E-state index contributed by atoms with van der Waals surface area (Å²) in [6.45, 7) is 2.32. The third-order valence-corrected chi connectivity index (χ3v) is 9.26. The summed E-state index contributed by atoms with van der Waals surface area (Å²) < 4.78 is 65.5. The number of halogens is 5. The molecule has 0 heterocycles. The van der Waals surface area contributed by atoms with Crippen LogP contribution in [-0.4, -0.2) is 6.18 Å². The van der Waals surface area contributed by atoms with Crippen LogP contribution in [0, 0.1) is 53.1 Å². The molecule has 3 saturated carbocycles. The second-order valence-electron chi connectivity index (χ2n) is 11.1. The number of alkyl halides is 3. The molecule has 1 aromatic carbocycles. The fourth-order valence-corrected chi connectivity index (χ4v) is 7.16. The van der Waals surface area contributed by atoms with Crippen LogP contribution in [0.25, 0.3) is 0 Å². The summed E-state index contributed by atoms with van der Waals surface area (Å²) in [5, 5.41) is 0. The highest BCUT2D eigenvalue weighted by Crippen LogP contribution is 2.47. The number of hydrogen-bond acceptors (Lipinski definition) is 0. The Morgan fingerprint density at radius 1 is 0.706 bits per heavy atom. The minimum absolute atomic E-state index is 0.0648. The Balaban J connectivity index is 1.27. The van der Waals surface area contributed by atoms with E-state index in [0.717, 1.165) is 55.3 Å². The molecule has 3 aliphatic rings. The predicted octanol–water partition coefficient (Wildman–Crippen LogP) is 9.18. The summed E-state index contributed by atoms with van der Waals surface area (Å²) in [4.78, 5) is 0. The number of rotatable bonds is 4. The lowest BCUT2D eigenvalue weighted by molar-refractivity contribution is -0.0696. The lowest BCUT2D eigenvalue weighted by Crippen LogP contribution is -2.29. The van der Waals surface area contributed by atoms with Crippen LogP contribution in [0.15, 0.2) is 12.1 Å². The highest BCUT2D eigenvalue weighted by Gasteiger charge is 2.35. The van der Waals surface area contributed by atoms with E-state index in [-0.39, 0.29) is 5.92 Å². The standard InChI is InChI=1S/C29H37F5/c1-2-19-3-5-20(6-4-19)21-7-9-22(10-8-21)23-11-13-24(14-12-23)25-17-27(30)26(28(31)18-25)15-16-29(32,33)34/h17-24H,2-14H2,1H3. The van der Waals surface area contributed by atoms with Crippen molar-refractivity contribution in [3.63, 3.8) is 0 Å². The Bertz CT molecular complexity index is 845. The second-order valence-corrected chi connectivity index (χ2v) is 11.1. The molecule has 0 saturated heterocycles. The van der Waals surface area contributed by atoms with Gasteiger partial charge in [-0.05, 0) is 117 Å². The fraction of sp³-hybridized carbons (Fsp3) is 0.724. The zero-order valence-electron chi connectivity index (χ0n) is 20.2. The number of hydrogen-bond donors (Lipinski definition) is 0. The zero-order valence-corrected chi connectivity index (χ0v) is 20.2. The van der Waals surface area contributed by atoms with Crippen LogP contribution in [0.3, 0.4) is 0 Å².